The zero-order valence-electron chi connectivity index (χ0n) is 6.78. The average molecular weight is 175 g/mol. The number of aliphatic hydroxyl groups excluding tert-OH is 1. The summed E-state index contributed by atoms with van der Waals surface area (Å²) in [5.41, 5.74) is 0. The highest BCUT2D eigenvalue weighted by atomic mass is 16.5. The van der Waals surface area contributed by atoms with Gasteiger partial charge in [-0.2, -0.15) is 0 Å². The number of aldehydes is 1. The summed E-state index contributed by atoms with van der Waals surface area (Å²) < 4.78 is 4.77. The molecule has 0 saturated heterocycles. The predicted octanol–water partition coefficient (Wildman–Crippen LogP) is -1.30. The summed E-state index contributed by atoms with van der Waals surface area (Å²) in [7, 11) is 0. The summed E-state index contributed by atoms with van der Waals surface area (Å²) in [6.07, 6.45) is 0.753. The molecule has 0 aromatic heterocycles. The minimum Gasteiger partial charge on any atom is -0.396 e. The third kappa shape index (κ3) is 7.17. The Morgan fingerprint density at radius 3 is 2.92 bits per heavy atom. The number of carbonyl (C=O) groups excluding carboxylic acids is 2. The van der Waals surface area contributed by atoms with Gasteiger partial charge in [-0.05, 0) is 0 Å². The van der Waals surface area contributed by atoms with Gasteiger partial charge in [0.15, 0.2) is 0 Å². The normalized spacial score (nSPS) is 9.42. The van der Waals surface area contributed by atoms with E-state index in [9.17, 15) is 9.59 Å². The van der Waals surface area contributed by atoms with Gasteiger partial charge >= 0.3 is 0 Å². The van der Waals surface area contributed by atoms with Crippen molar-refractivity contribution in [3.8, 4) is 0 Å². The summed E-state index contributed by atoms with van der Waals surface area (Å²) in [6.45, 7) is 0.583. The van der Waals surface area contributed by atoms with Crippen molar-refractivity contribution >= 4 is 12.2 Å². The van der Waals surface area contributed by atoms with Gasteiger partial charge in [0.25, 0.3) is 0 Å². The molecule has 0 aromatic carbocycles. The minimum atomic E-state index is -0.216. The second-order valence-corrected chi connectivity index (χ2v) is 2.07. The largest absolute Gasteiger partial charge is 0.396 e. The van der Waals surface area contributed by atoms with Crippen LogP contribution in [0.1, 0.15) is 6.42 Å². The SMILES string of the molecule is O=CCOCCNC(=O)CCO. The highest BCUT2D eigenvalue weighted by molar-refractivity contribution is 5.75. The number of rotatable bonds is 7. The molecule has 0 unspecified atom stereocenters. The van der Waals surface area contributed by atoms with Crippen molar-refractivity contribution in [3.63, 3.8) is 0 Å². The number of hydrogen-bond donors (Lipinski definition) is 2. The lowest BCUT2D eigenvalue weighted by Crippen LogP contribution is -2.27. The van der Waals surface area contributed by atoms with Crippen molar-refractivity contribution in [1.82, 2.24) is 5.32 Å². The Balaban J connectivity index is 3.08. The van der Waals surface area contributed by atoms with E-state index >= 15 is 0 Å². The molecule has 0 radical (unpaired) electrons. The average Bonchev–Trinajstić information content (AvgIpc) is 2.05. The van der Waals surface area contributed by atoms with E-state index in [0.717, 1.165) is 0 Å². The Morgan fingerprint density at radius 2 is 2.33 bits per heavy atom. The Labute approximate surface area is 70.7 Å². The van der Waals surface area contributed by atoms with Crippen molar-refractivity contribution in [2.45, 2.75) is 6.42 Å². The van der Waals surface area contributed by atoms with Crippen LogP contribution in [0.3, 0.4) is 0 Å². The summed E-state index contributed by atoms with van der Waals surface area (Å²) >= 11 is 0. The molecule has 0 heterocycles. The second-order valence-electron chi connectivity index (χ2n) is 2.07. The molecule has 0 atom stereocenters. The van der Waals surface area contributed by atoms with E-state index in [-0.39, 0.29) is 25.5 Å². The number of hydrogen-bond acceptors (Lipinski definition) is 4. The van der Waals surface area contributed by atoms with Crippen LogP contribution in [0, 0.1) is 0 Å². The fraction of sp³-hybridized carbons (Fsp3) is 0.714. The molecule has 1 amide bonds. The summed E-state index contributed by atoms with van der Waals surface area (Å²) in [5.74, 6) is -0.216. The molecule has 0 rings (SSSR count). The molecule has 2 N–H and O–H groups in total. The maximum Gasteiger partial charge on any atom is 0.222 e. The van der Waals surface area contributed by atoms with Crippen LogP contribution in [0.15, 0.2) is 0 Å². The van der Waals surface area contributed by atoms with Crippen molar-refractivity contribution < 1.29 is 19.4 Å². The number of aliphatic hydroxyl groups is 1. The van der Waals surface area contributed by atoms with Gasteiger partial charge in [0.1, 0.15) is 12.9 Å². The van der Waals surface area contributed by atoms with E-state index in [2.05, 4.69) is 5.32 Å². The first-order chi connectivity index (χ1) is 5.81. The molecule has 0 spiro atoms. The lowest BCUT2D eigenvalue weighted by atomic mass is 10.4. The zero-order chi connectivity index (χ0) is 9.23. The van der Waals surface area contributed by atoms with E-state index in [1.54, 1.807) is 0 Å². The van der Waals surface area contributed by atoms with E-state index in [4.69, 9.17) is 9.84 Å². The van der Waals surface area contributed by atoms with E-state index in [1.165, 1.54) is 0 Å². The predicted molar refractivity (Wildman–Crippen MR) is 41.6 cm³/mol. The van der Waals surface area contributed by atoms with Gasteiger partial charge in [0.2, 0.25) is 5.91 Å². The standard InChI is InChI=1S/C7H13NO4/c9-3-1-7(11)8-2-5-12-6-4-10/h4,9H,1-3,5-6H2,(H,8,11). The Bertz CT molecular complexity index is 137. The molecule has 70 valence electrons. The molecule has 0 aliphatic carbocycles. The van der Waals surface area contributed by atoms with Crippen molar-refractivity contribution in [3.05, 3.63) is 0 Å². The molecular formula is C7H13NO4. The first kappa shape index (κ1) is 11.1. The third-order valence-corrected chi connectivity index (χ3v) is 1.09. The molecule has 0 saturated carbocycles. The number of amides is 1. The highest BCUT2D eigenvalue weighted by Crippen LogP contribution is 1.76. The van der Waals surface area contributed by atoms with Gasteiger partial charge in [0.05, 0.1) is 13.2 Å². The smallest absolute Gasteiger partial charge is 0.222 e. The summed E-state index contributed by atoms with van der Waals surface area (Å²) in [4.78, 5) is 20.4. The van der Waals surface area contributed by atoms with E-state index in [0.29, 0.717) is 19.4 Å². The molecule has 0 aliphatic rings. The second kappa shape index (κ2) is 8.16. The summed E-state index contributed by atoms with van der Waals surface area (Å²) in [5, 5.41) is 10.8. The number of nitrogens with one attached hydrogen (secondary N) is 1. The van der Waals surface area contributed by atoms with Gasteiger partial charge < -0.3 is 20.0 Å². The summed E-state index contributed by atoms with van der Waals surface area (Å²) in [6, 6.07) is 0. The maximum atomic E-state index is 10.7. The third-order valence-electron chi connectivity index (χ3n) is 1.09. The lowest BCUT2D eigenvalue weighted by Gasteiger charge is -2.02. The van der Waals surface area contributed by atoms with Crippen LogP contribution >= 0.6 is 0 Å². The van der Waals surface area contributed by atoms with Crippen molar-refractivity contribution in [2.75, 3.05) is 26.4 Å². The van der Waals surface area contributed by atoms with Gasteiger partial charge in [-0.3, -0.25) is 4.79 Å². The molecule has 0 bridgehead atoms. The Kier molecular flexibility index (Phi) is 7.52. The van der Waals surface area contributed by atoms with Crippen molar-refractivity contribution in [2.24, 2.45) is 0 Å². The van der Waals surface area contributed by atoms with Gasteiger partial charge in [0, 0.05) is 13.0 Å². The number of ether oxygens (including phenoxy) is 1. The van der Waals surface area contributed by atoms with Gasteiger partial charge in [-0.15, -0.1) is 0 Å². The van der Waals surface area contributed by atoms with Crippen LogP contribution in [0.5, 0.6) is 0 Å². The zero-order valence-corrected chi connectivity index (χ0v) is 6.78. The Hall–Kier alpha value is -0.940. The van der Waals surface area contributed by atoms with Crippen LogP contribution in [0.4, 0.5) is 0 Å². The molecule has 5 nitrogen and oxygen atoms in total. The molecular weight excluding hydrogens is 162 g/mol. The fourth-order valence-electron chi connectivity index (χ4n) is 0.584. The van der Waals surface area contributed by atoms with E-state index < -0.39 is 0 Å². The first-order valence-corrected chi connectivity index (χ1v) is 3.70. The van der Waals surface area contributed by atoms with Crippen molar-refractivity contribution in [1.29, 1.82) is 0 Å². The van der Waals surface area contributed by atoms with Crippen LogP contribution in [0.2, 0.25) is 0 Å². The topological polar surface area (TPSA) is 75.6 Å². The molecule has 5 heteroatoms. The molecule has 12 heavy (non-hydrogen) atoms. The van der Waals surface area contributed by atoms with Crippen LogP contribution in [-0.4, -0.2) is 43.7 Å². The first-order valence-electron chi connectivity index (χ1n) is 3.70. The quantitative estimate of drug-likeness (QED) is 0.372. The monoisotopic (exact) mass is 175 g/mol. The minimum absolute atomic E-state index is 0.0515. The molecule has 0 fully saturated rings. The van der Waals surface area contributed by atoms with Gasteiger partial charge in [-0.25, -0.2) is 0 Å². The fourth-order valence-corrected chi connectivity index (χ4v) is 0.584. The highest BCUT2D eigenvalue weighted by Gasteiger charge is 1.97. The van der Waals surface area contributed by atoms with E-state index in [1.807, 2.05) is 0 Å². The van der Waals surface area contributed by atoms with Crippen LogP contribution in [0.25, 0.3) is 0 Å². The molecule has 0 aromatic rings. The molecule has 0 aliphatic heterocycles. The maximum absolute atomic E-state index is 10.7. The lowest BCUT2D eigenvalue weighted by molar-refractivity contribution is -0.121. The van der Waals surface area contributed by atoms with Crippen LogP contribution < -0.4 is 5.32 Å². The Morgan fingerprint density at radius 1 is 1.58 bits per heavy atom. The van der Waals surface area contributed by atoms with Crippen LogP contribution in [-0.2, 0) is 14.3 Å². The van der Waals surface area contributed by atoms with Gasteiger partial charge in [-0.1, -0.05) is 0 Å². The number of carbonyl (C=O) groups is 2.